The van der Waals surface area contributed by atoms with Gasteiger partial charge in [-0.05, 0) is 0 Å². The predicted molar refractivity (Wildman–Crippen MR) is 141 cm³/mol. The van der Waals surface area contributed by atoms with Gasteiger partial charge in [-0.1, -0.05) is 0 Å². The summed E-state index contributed by atoms with van der Waals surface area (Å²) in [6, 6.07) is 18.8. The second-order valence-corrected chi connectivity index (χ2v) is 11.6. The number of nitrogens with one attached hydrogen (secondary N) is 1. The summed E-state index contributed by atoms with van der Waals surface area (Å²) in [6.07, 6.45) is 4.94. The molecule has 0 aliphatic rings. The molecule has 1 N–H and O–H groups in total. The van der Waals surface area contributed by atoms with Crippen molar-refractivity contribution < 1.29 is 9.53 Å². The number of carbonyl (C=O) groups excluding carboxylic acids is 1. The van der Waals surface area contributed by atoms with Crippen molar-refractivity contribution in [1.29, 1.82) is 0 Å². The molecule has 0 saturated heterocycles. The maximum atomic E-state index is 12.6. The molecule has 0 atom stereocenters. The minimum atomic E-state index is -0.0535. The van der Waals surface area contributed by atoms with Gasteiger partial charge in [-0.2, -0.15) is 0 Å². The van der Waals surface area contributed by atoms with Gasteiger partial charge < -0.3 is 4.74 Å². The Balaban J connectivity index is 1.19. The normalized spacial score (nSPS) is 11.0. The number of ether oxygens (including phenoxy) is 1. The third kappa shape index (κ3) is 6.35. The number of benzene rings is 3. The molecule has 3 aromatic carbocycles. The number of hydrogen-bond acceptors (Lipinski definition) is 4. The van der Waals surface area contributed by atoms with Crippen LogP contribution in [0.2, 0.25) is 0 Å². The molecule has 0 fully saturated rings. The molecule has 176 valence electrons. The first kappa shape index (κ1) is 24.6. The van der Waals surface area contributed by atoms with Crippen LogP contribution in [0.15, 0.2) is 59.1 Å². The monoisotopic (exact) mass is 585 g/mol. The molecule has 1 amide bonds. The number of methoxy groups -OCH3 is 1. The second kappa shape index (κ2) is 11.8. The number of halogens is 1. The number of amides is 1. The summed E-state index contributed by atoms with van der Waals surface area (Å²) >= 11 is 3.73. The van der Waals surface area contributed by atoms with E-state index in [9.17, 15) is 4.79 Å². The van der Waals surface area contributed by atoms with Crippen LogP contribution in [-0.2, 0) is 12.8 Å². The fourth-order valence-corrected chi connectivity index (χ4v) is 6.62. The molecule has 0 saturated carbocycles. The predicted octanol–water partition coefficient (Wildman–Crippen LogP) is 5.50. The van der Waals surface area contributed by atoms with E-state index in [1.54, 1.807) is 7.11 Å². The Morgan fingerprint density at radius 2 is 1.79 bits per heavy atom. The second-order valence-electron chi connectivity index (χ2n) is 8.32. The van der Waals surface area contributed by atoms with Gasteiger partial charge >= 0.3 is 204 Å². The SMILES string of the molecule is COc1cc(C)c(C(=O)NCCCCCc2nnc(Cc3ccc4ccccc4c3)[se]2)c(Br)c1. The summed E-state index contributed by atoms with van der Waals surface area (Å²) < 4.78 is 8.43. The average molecular weight is 585 g/mol. The molecule has 34 heavy (non-hydrogen) atoms. The van der Waals surface area contributed by atoms with Crippen molar-refractivity contribution in [3.8, 4) is 5.75 Å². The first-order valence-electron chi connectivity index (χ1n) is 11.4. The zero-order valence-corrected chi connectivity index (χ0v) is 22.7. The van der Waals surface area contributed by atoms with Crippen molar-refractivity contribution in [3.63, 3.8) is 0 Å². The molecule has 0 aliphatic heterocycles. The molecule has 1 aromatic heterocycles. The summed E-state index contributed by atoms with van der Waals surface area (Å²) in [6.45, 7) is 2.58. The number of carbonyl (C=O) groups is 1. The fraction of sp³-hybridized carbons (Fsp3) is 0.296. The Kier molecular flexibility index (Phi) is 8.54. The zero-order chi connectivity index (χ0) is 23.9. The van der Waals surface area contributed by atoms with E-state index in [2.05, 4.69) is 73.9 Å². The molecule has 0 radical (unpaired) electrons. The van der Waals surface area contributed by atoms with E-state index >= 15 is 0 Å². The summed E-state index contributed by atoms with van der Waals surface area (Å²) in [4.78, 5) is 12.6. The molecule has 0 aliphatic carbocycles. The van der Waals surface area contributed by atoms with Crippen molar-refractivity contribution >= 4 is 47.1 Å². The van der Waals surface area contributed by atoms with Gasteiger partial charge in [-0.15, -0.1) is 0 Å². The molecule has 4 rings (SSSR count). The Bertz CT molecular complexity index is 1260. The molecule has 1 heterocycles. The molecule has 4 aromatic rings. The molecule has 0 bridgehead atoms. The van der Waals surface area contributed by atoms with Gasteiger partial charge in [0.25, 0.3) is 0 Å². The van der Waals surface area contributed by atoms with E-state index in [0.29, 0.717) is 12.1 Å². The van der Waals surface area contributed by atoms with Crippen LogP contribution in [0.4, 0.5) is 0 Å². The number of hydrogen-bond donors (Lipinski definition) is 1. The van der Waals surface area contributed by atoms with E-state index in [-0.39, 0.29) is 20.4 Å². The van der Waals surface area contributed by atoms with Crippen molar-refractivity contribution in [2.24, 2.45) is 0 Å². The van der Waals surface area contributed by atoms with Crippen LogP contribution in [0.1, 0.15) is 49.9 Å². The van der Waals surface area contributed by atoms with Crippen LogP contribution in [0.5, 0.6) is 5.75 Å². The van der Waals surface area contributed by atoms with E-state index in [4.69, 9.17) is 4.74 Å². The third-order valence-corrected chi connectivity index (χ3v) is 8.44. The Morgan fingerprint density at radius 3 is 2.59 bits per heavy atom. The van der Waals surface area contributed by atoms with Crippen LogP contribution in [-0.4, -0.2) is 44.3 Å². The van der Waals surface area contributed by atoms with Gasteiger partial charge in [0.05, 0.1) is 7.11 Å². The van der Waals surface area contributed by atoms with Crippen molar-refractivity contribution in [2.75, 3.05) is 13.7 Å². The number of rotatable bonds is 10. The Hall–Kier alpha value is -2.47. The molecule has 7 heteroatoms. The van der Waals surface area contributed by atoms with Crippen LogP contribution in [0.25, 0.3) is 10.8 Å². The van der Waals surface area contributed by atoms with E-state index in [1.165, 1.54) is 25.5 Å². The number of nitrogens with zero attached hydrogens (tertiary/aromatic N) is 2. The number of fused-ring (bicyclic) bond motifs is 1. The number of unbranched alkanes of at least 4 members (excludes halogenated alkanes) is 2. The van der Waals surface area contributed by atoms with Gasteiger partial charge in [-0.25, -0.2) is 0 Å². The third-order valence-electron chi connectivity index (χ3n) is 5.75. The maximum absolute atomic E-state index is 12.6. The van der Waals surface area contributed by atoms with Crippen LogP contribution in [0.3, 0.4) is 0 Å². The fourth-order valence-electron chi connectivity index (χ4n) is 3.97. The molecular weight excluding hydrogens is 557 g/mol. The zero-order valence-electron chi connectivity index (χ0n) is 19.4. The Labute approximate surface area is 214 Å². The van der Waals surface area contributed by atoms with Crippen LogP contribution >= 0.6 is 15.9 Å². The molecule has 5 nitrogen and oxygen atoms in total. The molecule has 0 unspecified atom stereocenters. The minimum absolute atomic E-state index is 0.0535. The first-order chi connectivity index (χ1) is 16.5. The van der Waals surface area contributed by atoms with Crippen molar-refractivity contribution in [3.05, 3.63) is 84.9 Å². The van der Waals surface area contributed by atoms with E-state index in [0.717, 1.165) is 47.9 Å². The van der Waals surface area contributed by atoms with E-state index < -0.39 is 0 Å². The summed E-state index contributed by atoms with van der Waals surface area (Å²) in [5, 5.41) is 14.5. The van der Waals surface area contributed by atoms with Gasteiger partial charge in [-0.3, -0.25) is 0 Å². The number of aryl methyl sites for hydroxylation is 2. The van der Waals surface area contributed by atoms with E-state index in [1.807, 2.05) is 19.1 Å². The van der Waals surface area contributed by atoms with Gasteiger partial charge in [0.15, 0.2) is 0 Å². The Morgan fingerprint density at radius 1 is 1.00 bits per heavy atom. The van der Waals surface area contributed by atoms with Gasteiger partial charge in [0.2, 0.25) is 0 Å². The van der Waals surface area contributed by atoms with Crippen LogP contribution < -0.4 is 10.1 Å². The summed E-state index contributed by atoms with van der Waals surface area (Å²) in [5.41, 5.74) is 2.86. The van der Waals surface area contributed by atoms with Gasteiger partial charge in [0.1, 0.15) is 0 Å². The topological polar surface area (TPSA) is 64.1 Å². The molecule has 0 spiro atoms. The summed E-state index contributed by atoms with van der Waals surface area (Å²) in [5.74, 6) is 0.684. The average Bonchev–Trinajstić information content (AvgIpc) is 3.27. The number of aromatic nitrogens is 2. The van der Waals surface area contributed by atoms with Crippen molar-refractivity contribution in [1.82, 2.24) is 15.5 Å². The first-order valence-corrected chi connectivity index (χ1v) is 14.0. The standard InChI is InChI=1S/C27H28BrN3O2Se/c1-18-14-22(33-2)17-23(28)26(18)27(32)29-13-7-3-4-10-24-30-31-25(34-24)16-19-11-12-20-8-5-6-9-21(20)15-19/h5-6,8-9,11-12,14-15,17H,3-4,7,10,13,16H2,1-2H3,(H,29,32). The summed E-state index contributed by atoms with van der Waals surface area (Å²) in [7, 11) is 1.62. The quantitative estimate of drug-likeness (QED) is 0.197. The van der Waals surface area contributed by atoms with Crippen LogP contribution in [0, 0.1) is 6.92 Å². The molecular formula is C27H28BrN3O2Se. The van der Waals surface area contributed by atoms with Crippen molar-refractivity contribution in [2.45, 2.75) is 39.0 Å². The van der Waals surface area contributed by atoms with Gasteiger partial charge in [0, 0.05) is 0 Å².